The SMILES string of the molecule is c1ccc2c(c1)-c1ccccc1C21c2ccccc2-c2ccc(-c3cn4[n+](c3)C35c6c(cccc6-n6c7ccccc7c7ccc[n+]3c76)Oc3cccc-4c35)cc21. The van der Waals surface area contributed by atoms with Crippen LogP contribution in [-0.4, -0.2) is 9.25 Å². The second-order valence-corrected chi connectivity index (χ2v) is 16.1. The number of hydrogen-bond acceptors (Lipinski definition) is 1. The standard InChI is InChI=1S/C52H30N4O/c1-5-17-39-33(12-1)34-13-2-6-18-40(34)51(39)41-19-7-3-14-35(41)36-26-25-31(28-42(36)51)32-29-54-44-21-9-23-46-48(44)52(55(54)30-32)49-45(22-10-24-47(49)57-46)56-43-20-8-4-15-37(43)38-16-11-27-53(52)50(38)56/h1-30H/q+2. The summed E-state index contributed by atoms with van der Waals surface area (Å²) < 4.78 is 16.6. The molecule has 0 amide bonds. The number of rotatable bonds is 1. The van der Waals surface area contributed by atoms with Crippen LogP contribution in [0.15, 0.2) is 182 Å². The zero-order valence-corrected chi connectivity index (χ0v) is 30.5. The zero-order valence-electron chi connectivity index (χ0n) is 30.5. The molecule has 0 bridgehead atoms. The summed E-state index contributed by atoms with van der Waals surface area (Å²) in [6.07, 6.45) is 6.99. The quantitative estimate of drug-likeness (QED) is 0.155. The van der Waals surface area contributed by atoms with Crippen LogP contribution < -0.4 is 14.0 Å². The minimum absolute atomic E-state index is 0.401. The number of para-hydroxylation sites is 1. The Kier molecular flexibility index (Phi) is 4.80. The van der Waals surface area contributed by atoms with Gasteiger partial charge in [-0.15, -0.1) is 4.68 Å². The van der Waals surface area contributed by atoms with E-state index in [1.807, 2.05) is 0 Å². The topological polar surface area (TPSA) is 26.8 Å². The van der Waals surface area contributed by atoms with E-state index < -0.39 is 11.1 Å². The Bertz CT molecular complexity index is 3470. The van der Waals surface area contributed by atoms with E-state index >= 15 is 0 Å². The van der Waals surface area contributed by atoms with E-state index in [4.69, 9.17) is 4.74 Å². The van der Waals surface area contributed by atoms with Crippen molar-refractivity contribution in [3.63, 3.8) is 0 Å². The predicted molar refractivity (Wildman–Crippen MR) is 220 cm³/mol. The first-order valence-electron chi connectivity index (χ1n) is 19.8. The molecule has 1 atom stereocenters. The first-order valence-corrected chi connectivity index (χ1v) is 19.8. The first kappa shape index (κ1) is 28.9. The first-order chi connectivity index (χ1) is 28.3. The van der Waals surface area contributed by atoms with Crippen LogP contribution in [0.4, 0.5) is 0 Å². The van der Waals surface area contributed by atoms with Crippen LogP contribution in [0.5, 0.6) is 11.5 Å². The van der Waals surface area contributed by atoms with Gasteiger partial charge in [-0.1, -0.05) is 114 Å². The number of benzene rings is 7. The molecule has 5 nitrogen and oxygen atoms in total. The van der Waals surface area contributed by atoms with Crippen molar-refractivity contribution >= 4 is 21.9 Å². The molecular weight excluding hydrogens is 697 g/mol. The Morgan fingerprint density at radius 2 is 1.11 bits per heavy atom. The largest absolute Gasteiger partial charge is 0.456 e. The lowest BCUT2D eigenvalue weighted by molar-refractivity contribution is -0.987. The highest BCUT2D eigenvalue weighted by molar-refractivity contribution is 6.07. The van der Waals surface area contributed by atoms with Crippen molar-refractivity contribution in [3.8, 4) is 56.3 Å². The van der Waals surface area contributed by atoms with Gasteiger partial charge in [-0.2, -0.15) is 9.13 Å². The number of fused-ring (bicyclic) bond motifs is 16. The Labute approximate surface area is 327 Å². The fourth-order valence-corrected chi connectivity index (χ4v) is 11.8. The van der Waals surface area contributed by atoms with Gasteiger partial charge in [-0.25, -0.2) is 0 Å². The van der Waals surface area contributed by atoms with Crippen molar-refractivity contribution in [1.29, 1.82) is 0 Å². The third kappa shape index (κ3) is 2.98. The summed E-state index contributed by atoms with van der Waals surface area (Å²) in [5, 5.41) is 2.47. The van der Waals surface area contributed by atoms with E-state index in [1.165, 1.54) is 77.6 Å². The van der Waals surface area contributed by atoms with Gasteiger partial charge in [-0.05, 0) is 105 Å². The molecule has 0 fully saturated rings. The van der Waals surface area contributed by atoms with E-state index in [0.717, 1.165) is 34.0 Å². The van der Waals surface area contributed by atoms with E-state index in [1.54, 1.807) is 0 Å². The lowest BCUT2D eigenvalue weighted by Gasteiger charge is -2.32. The molecule has 5 heteroatoms. The molecular formula is C52H30N4O+2. The molecule has 3 aromatic heterocycles. The molecule has 1 unspecified atom stereocenters. The molecule has 5 aliphatic rings. The van der Waals surface area contributed by atoms with Crippen LogP contribution in [0, 0.1) is 0 Å². The highest BCUT2D eigenvalue weighted by Gasteiger charge is 2.68. The van der Waals surface area contributed by atoms with E-state index in [9.17, 15) is 0 Å². The van der Waals surface area contributed by atoms with Gasteiger partial charge in [0.1, 0.15) is 28.3 Å². The maximum Gasteiger partial charge on any atom is 0.397 e. The maximum absolute atomic E-state index is 6.86. The molecule has 0 radical (unpaired) electrons. The third-order valence-corrected chi connectivity index (χ3v) is 13.8. The Balaban J connectivity index is 1.03. The van der Waals surface area contributed by atoms with E-state index in [0.29, 0.717) is 0 Å². The van der Waals surface area contributed by atoms with Crippen LogP contribution in [0.25, 0.3) is 66.7 Å². The Morgan fingerprint density at radius 3 is 1.84 bits per heavy atom. The fourth-order valence-electron chi connectivity index (χ4n) is 11.8. The highest BCUT2D eigenvalue weighted by Crippen LogP contribution is 2.63. The summed E-state index contributed by atoms with van der Waals surface area (Å²) in [5.74, 6) is 1.77. The van der Waals surface area contributed by atoms with Gasteiger partial charge in [0.05, 0.1) is 28.8 Å². The monoisotopic (exact) mass is 726 g/mol. The fraction of sp³-hybridized carbons (Fsp3) is 0.0385. The van der Waals surface area contributed by atoms with Crippen LogP contribution in [0.1, 0.15) is 33.4 Å². The summed E-state index contributed by atoms with van der Waals surface area (Å²) in [7, 11) is 0. The average Bonchev–Trinajstić information content (AvgIpc) is 4.06. The zero-order chi connectivity index (χ0) is 36.8. The summed E-state index contributed by atoms with van der Waals surface area (Å²) >= 11 is 0. The van der Waals surface area contributed by atoms with Crippen LogP contribution >= 0.6 is 0 Å². The Morgan fingerprint density at radius 1 is 0.491 bits per heavy atom. The van der Waals surface area contributed by atoms with Gasteiger partial charge in [0.15, 0.2) is 11.3 Å². The number of aromatic nitrogens is 4. The predicted octanol–water partition coefficient (Wildman–Crippen LogP) is 10.2. The molecule has 2 aliphatic carbocycles. The lowest BCUT2D eigenvalue weighted by Crippen LogP contribution is -2.76. The summed E-state index contributed by atoms with van der Waals surface area (Å²) in [5.41, 5.74) is 18.8. The van der Waals surface area contributed by atoms with Gasteiger partial charge in [0.2, 0.25) is 6.20 Å². The van der Waals surface area contributed by atoms with Gasteiger partial charge in [-0.3, -0.25) is 0 Å². The molecule has 3 aliphatic heterocycles. The van der Waals surface area contributed by atoms with Crippen LogP contribution in [0.3, 0.4) is 0 Å². The second-order valence-electron chi connectivity index (χ2n) is 16.1. The van der Waals surface area contributed by atoms with E-state index in [2.05, 4.69) is 201 Å². The smallest absolute Gasteiger partial charge is 0.397 e. The summed E-state index contributed by atoms with van der Waals surface area (Å²) in [6, 6.07) is 60.6. The van der Waals surface area contributed by atoms with Gasteiger partial charge < -0.3 is 4.74 Å². The van der Waals surface area contributed by atoms with Gasteiger partial charge in [0, 0.05) is 5.39 Å². The van der Waals surface area contributed by atoms with Gasteiger partial charge >= 0.3 is 11.3 Å². The lowest BCUT2D eigenvalue weighted by atomic mass is 9.70. The summed E-state index contributed by atoms with van der Waals surface area (Å²) in [6.45, 7) is 0. The van der Waals surface area contributed by atoms with Crippen molar-refractivity contribution in [2.24, 2.45) is 0 Å². The minimum atomic E-state index is -0.726. The molecule has 15 rings (SSSR count). The summed E-state index contributed by atoms with van der Waals surface area (Å²) in [4.78, 5) is 0. The Hall–Kier alpha value is -7.50. The number of pyridine rings is 1. The van der Waals surface area contributed by atoms with Gasteiger partial charge in [0.25, 0.3) is 0 Å². The molecule has 10 aromatic rings. The maximum atomic E-state index is 6.86. The van der Waals surface area contributed by atoms with E-state index in [-0.39, 0.29) is 0 Å². The number of ether oxygens (including phenoxy) is 1. The molecule has 57 heavy (non-hydrogen) atoms. The van der Waals surface area contributed by atoms with Crippen molar-refractivity contribution in [1.82, 2.24) is 9.25 Å². The van der Waals surface area contributed by atoms with Crippen molar-refractivity contribution < 1.29 is 14.0 Å². The van der Waals surface area contributed by atoms with Crippen molar-refractivity contribution in [3.05, 3.63) is 216 Å². The van der Waals surface area contributed by atoms with Crippen molar-refractivity contribution in [2.75, 3.05) is 0 Å². The molecule has 0 N–H and O–H groups in total. The molecule has 2 spiro atoms. The van der Waals surface area contributed by atoms with Crippen LogP contribution in [0.2, 0.25) is 0 Å². The average molecular weight is 727 g/mol. The molecule has 6 heterocycles. The normalized spacial score (nSPS) is 17.1. The van der Waals surface area contributed by atoms with Crippen molar-refractivity contribution in [2.45, 2.75) is 11.1 Å². The molecule has 0 saturated heterocycles. The molecule has 262 valence electrons. The minimum Gasteiger partial charge on any atom is -0.456 e. The third-order valence-electron chi connectivity index (χ3n) is 13.8. The number of nitrogens with zero attached hydrogens (tertiary/aromatic N) is 4. The second kappa shape index (κ2) is 9.47. The van der Waals surface area contributed by atoms with Crippen LogP contribution in [-0.2, 0) is 11.1 Å². The molecule has 7 aromatic carbocycles. The molecule has 0 saturated carbocycles. The highest BCUT2D eigenvalue weighted by atomic mass is 16.5. The number of hydrogen-bond donors (Lipinski definition) is 0.